The fourth-order valence-electron chi connectivity index (χ4n) is 0.359. The molecule has 0 amide bonds. The highest BCUT2D eigenvalue weighted by molar-refractivity contribution is 5.85. The molecule has 0 bridgehead atoms. The highest BCUT2D eigenvalue weighted by Crippen LogP contribution is 1.84. The zero-order chi connectivity index (χ0) is 7.11. The van der Waals surface area contributed by atoms with E-state index in [0.29, 0.717) is 13.0 Å². The second kappa shape index (κ2) is 8.46. The lowest BCUT2D eigenvalue weighted by Gasteiger charge is -1.90. The molecule has 0 saturated heterocycles. The van der Waals surface area contributed by atoms with Gasteiger partial charge in [-0.25, -0.2) is 0 Å². The first kappa shape index (κ1) is 12.2. The number of nitrogens with two attached hydrogens (primary N) is 1. The van der Waals surface area contributed by atoms with Crippen molar-refractivity contribution in [3.8, 4) is 0 Å². The van der Waals surface area contributed by atoms with E-state index in [2.05, 4.69) is 4.74 Å². The molecule has 0 fully saturated rings. The zero-order valence-corrected chi connectivity index (χ0v) is 6.69. The zero-order valence-electron chi connectivity index (χ0n) is 5.87. The van der Waals surface area contributed by atoms with Crippen molar-refractivity contribution in [2.75, 3.05) is 13.7 Å². The van der Waals surface area contributed by atoms with Crippen molar-refractivity contribution >= 4 is 18.4 Å². The van der Waals surface area contributed by atoms with Gasteiger partial charge in [0.25, 0.3) is 0 Å². The van der Waals surface area contributed by atoms with Crippen LogP contribution < -0.4 is 5.73 Å². The minimum absolute atomic E-state index is 0. The maximum atomic E-state index is 10.4. The molecule has 0 radical (unpaired) electrons. The molecule has 2 N–H and O–H groups in total. The van der Waals surface area contributed by atoms with Gasteiger partial charge in [0.1, 0.15) is 0 Å². The largest absolute Gasteiger partial charge is 0.469 e. The molecule has 0 unspecified atom stereocenters. The van der Waals surface area contributed by atoms with Crippen LogP contribution in [-0.2, 0) is 9.53 Å². The molecule has 0 aliphatic rings. The molecule has 0 aliphatic heterocycles. The Hall–Kier alpha value is -0.540. The summed E-state index contributed by atoms with van der Waals surface area (Å²) in [5.41, 5.74) is 5.12. The minimum Gasteiger partial charge on any atom is -0.469 e. The third kappa shape index (κ3) is 7.46. The highest BCUT2D eigenvalue weighted by atomic mass is 35.5. The van der Waals surface area contributed by atoms with E-state index >= 15 is 0 Å². The number of hydrogen-bond donors (Lipinski definition) is 1. The number of ether oxygens (including phenoxy) is 1. The van der Waals surface area contributed by atoms with Gasteiger partial charge in [-0.1, -0.05) is 12.2 Å². The molecule has 0 aromatic rings. The Morgan fingerprint density at radius 1 is 1.60 bits per heavy atom. The fourth-order valence-corrected chi connectivity index (χ4v) is 0.359. The standard InChI is InChI=1S/C6H11NO2.ClH/c1-9-6(8)4-2-3-5-7;/h2-3H,4-5,7H2,1H3;1H/b3-2+;. The molecule has 0 aromatic carbocycles. The van der Waals surface area contributed by atoms with Gasteiger partial charge in [0, 0.05) is 6.54 Å². The molecule has 0 heterocycles. The number of esters is 1. The van der Waals surface area contributed by atoms with Crippen molar-refractivity contribution in [1.82, 2.24) is 0 Å². The number of rotatable bonds is 3. The Morgan fingerprint density at radius 2 is 2.20 bits per heavy atom. The van der Waals surface area contributed by atoms with Gasteiger partial charge in [-0.2, -0.15) is 0 Å². The maximum Gasteiger partial charge on any atom is 0.309 e. The highest BCUT2D eigenvalue weighted by Gasteiger charge is 1.91. The Labute approximate surface area is 66.6 Å². The second-order valence-corrected chi connectivity index (χ2v) is 1.49. The predicted octanol–water partition coefficient (Wildman–Crippen LogP) is 0.486. The molecule has 10 heavy (non-hydrogen) atoms. The van der Waals surface area contributed by atoms with Crippen LogP contribution in [0.1, 0.15) is 6.42 Å². The molecule has 60 valence electrons. The first-order valence-electron chi connectivity index (χ1n) is 2.73. The summed E-state index contributed by atoms with van der Waals surface area (Å²) in [6.45, 7) is 0.469. The first-order valence-corrected chi connectivity index (χ1v) is 2.73. The van der Waals surface area contributed by atoms with E-state index in [0.717, 1.165) is 0 Å². The lowest BCUT2D eigenvalue weighted by Crippen LogP contribution is -1.98. The van der Waals surface area contributed by atoms with Crippen LogP contribution in [-0.4, -0.2) is 19.6 Å². The molecule has 0 aliphatic carbocycles. The molecular weight excluding hydrogens is 154 g/mol. The number of hydrogen-bond acceptors (Lipinski definition) is 3. The van der Waals surface area contributed by atoms with E-state index in [-0.39, 0.29) is 18.4 Å². The van der Waals surface area contributed by atoms with Crippen LogP contribution in [0.2, 0.25) is 0 Å². The topological polar surface area (TPSA) is 52.3 Å². The predicted molar refractivity (Wildman–Crippen MR) is 42.1 cm³/mol. The van der Waals surface area contributed by atoms with Crippen molar-refractivity contribution in [2.24, 2.45) is 5.73 Å². The summed E-state index contributed by atoms with van der Waals surface area (Å²) >= 11 is 0. The minimum atomic E-state index is -0.236. The van der Waals surface area contributed by atoms with Gasteiger partial charge in [-0.3, -0.25) is 4.79 Å². The third-order valence-electron chi connectivity index (χ3n) is 0.815. The van der Waals surface area contributed by atoms with Crippen LogP contribution in [0, 0.1) is 0 Å². The van der Waals surface area contributed by atoms with Gasteiger partial charge in [0.2, 0.25) is 0 Å². The summed E-state index contributed by atoms with van der Waals surface area (Å²) in [5.74, 6) is -0.236. The Bertz CT molecular complexity index is 114. The van der Waals surface area contributed by atoms with E-state index < -0.39 is 0 Å². The van der Waals surface area contributed by atoms with Crippen LogP contribution >= 0.6 is 12.4 Å². The van der Waals surface area contributed by atoms with Gasteiger partial charge in [0.05, 0.1) is 13.5 Å². The number of carbonyl (C=O) groups excluding carboxylic acids is 1. The second-order valence-electron chi connectivity index (χ2n) is 1.49. The molecule has 0 rings (SSSR count). The smallest absolute Gasteiger partial charge is 0.309 e. The molecule has 3 nitrogen and oxygen atoms in total. The quantitative estimate of drug-likeness (QED) is 0.489. The van der Waals surface area contributed by atoms with Crippen molar-refractivity contribution in [2.45, 2.75) is 6.42 Å². The van der Waals surface area contributed by atoms with Gasteiger partial charge >= 0.3 is 5.97 Å². The Morgan fingerprint density at radius 3 is 2.60 bits per heavy atom. The molecule has 4 heteroatoms. The molecule has 0 atom stereocenters. The van der Waals surface area contributed by atoms with Gasteiger partial charge < -0.3 is 10.5 Å². The van der Waals surface area contributed by atoms with Crippen molar-refractivity contribution in [3.05, 3.63) is 12.2 Å². The SMILES string of the molecule is COC(=O)C/C=C/CN.Cl. The summed E-state index contributed by atoms with van der Waals surface area (Å²) in [7, 11) is 1.36. The van der Waals surface area contributed by atoms with Crippen LogP contribution in [0.5, 0.6) is 0 Å². The number of halogens is 1. The summed E-state index contributed by atoms with van der Waals surface area (Å²) in [6, 6.07) is 0. The first-order chi connectivity index (χ1) is 4.31. The van der Waals surface area contributed by atoms with E-state index in [1.54, 1.807) is 12.2 Å². The monoisotopic (exact) mass is 165 g/mol. The van der Waals surface area contributed by atoms with Crippen LogP contribution in [0.25, 0.3) is 0 Å². The maximum absolute atomic E-state index is 10.4. The third-order valence-corrected chi connectivity index (χ3v) is 0.815. The van der Waals surface area contributed by atoms with Gasteiger partial charge in [0.15, 0.2) is 0 Å². The molecular formula is C6H12ClNO2. The van der Waals surface area contributed by atoms with Gasteiger partial charge in [-0.15, -0.1) is 12.4 Å². The summed E-state index contributed by atoms with van der Waals surface area (Å²) in [6.07, 6.45) is 3.72. The average molecular weight is 166 g/mol. The Kier molecular flexibility index (Phi) is 10.3. The number of methoxy groups -OCH3 is 1. The van der Waals surface area contributed by atoms with Crippen molar-refractivity contribution in [1.29, 1.82) is 0 Å². The molecule has 0 saturated carbocycles. The van der Waals surface area contributed by atoms with E-state index in [1.165, 1.54) is 7.11 Å². The normalized spacial score (nSPS) is 9.00. The Balaban J connectivity index is 0. The molecule has 0 aromatic heterocycles. The van der Waals surface area contributed by atoms with E-state index in [4.69, 9.17) is 5.73 Å². The van der Waals surface area contributed by atoms with Gasteiger partial charge in [-0.05, 0) is 0 Å². The van der Waals surface area contributed by atoms with E-state index in [1.807, 2.05) is 0 Å². The van der Waals surface area contributed by atoms with Crippen molar-refractivity contribution in [3.63, 3.8) is 0 Å². The molecule has 0 spiro atoms. The number of carbonyl (C=O) groups is 1. The fraction of sp³-hybridized carbons (Fsp3) is 0.500. The summed E-state index contributed by atoms with van der Waals surface area (Å²) < 4.78 is 4.37. The van der Waals surface area contributed by atoms with E-state index in [9.17, 15) is 4.79 Å². The lowest BCUT2D eigenvalue weighted by molar-refractivity contribution is -0.139. The lowest BCUT2D eigenvalue weighted by atomic mass is 10.4. The van der Waals surface area contributed by atoms with Crippen molar-refractivity contribution < 1.29 is 9.53 Å². The van der Waals surface area contributed by atoms with Crippen LogP contribution in [0.15, 0.2) is 12.2 Å². The van der Waals surface area contributed by atoms with Crippen LogP contribution in [0.3, 0.4) is 0 Å². The summed E-state index contributed by atoms with van der Waals surface area (Å²) in [4.78, 5) is 10.4. The summed E-state index contributed by atoms with van der Waals surface area (Å²) in [5, 5.41) is 0. The average Bonchev–Trinajstić information content (AvgIpc) is 1.89. The van der Waals surface area contributed by atoms with Crippen LogP contribution in [0.4, 0.5) is 0 Å².